The monoisotopic (exact) mass is 363 g/mol. The quantitative estimate of drug-likeness (QED) is 0.664. The van der Waals surface area contributed by atoms with Crippen LogP contribution < -0.4 is 5.32 Å². The molecule has 0 spiro atoms. The summed E-state index contributed by atoms with van der Waals surface area (Å²) >= 11 is 0. The predicted octanol–water partition coefficient (Wildman–Crippen LogP) is 4.11. The van der Waals surface area contributed by atoms with Crippen LogP contribution in [-0.4, -0.2) is 42.7 Å². The number of aromatic nitrogens is 1. The number of nitrogens with zero attached hydrogens (tertiary/aromatic N) is 1. The van der Waals surface area contributed by atoms with Crippen molar-refractivity contribution in [3.05, 3.63) is 71.9 Å². The second-order valence-electron chi connectivity index (χ2n) is 7.50. The summed E-state index contributed by atoms with van der Waals surface area (Å²) in [4.78, 5) is 5.80. The smallest absolute Gasteiger partial charge is 0.0771 e. The molecular formula is C23H29N3O. The minimum absolute atomic E-state index is 0.225. The van der Waals surface area contributed by atoms with E-state index >= 15 is 0 Å². The topological polar surface area (TPSA) is 40.3 Å². The Morgan fingerprint density at radius 2 is 1.89 bits per heavy atom. The number of benzene rings is 2. The van der Waals surface area contributed by atoms with Crippen LogP contribution in [0.1, 0.15) is 30.0 Å². The SMILES string of the molecule is CN(CCCC1OCCNC1c1c[nH]c2ccccc12)Cc1ccccc1. The van der Waals surface area contributed by atoms with Crippen LogP contribution in [0.15, 0.2) is 60.8 Å². The van der Waals surface area contributed by atoms with Crippen LogP contribution in [0.5, 0.6) is 0 Å². The fourth-order valence-corrected chi connectivity index (χ4v) is 4.10. The number of hydrogen-bond acceptors (Lipinski definition) is 3. The summed E-state index contributed by atoms with van der Waals surface area (Å²) in [6.45, 7) is 3.78. The van der Waals surface area contributed by atoms with E-state index in [1.165, 1.54) is 22.0 Å². The molecule has 4 heteroatoms. The van der Waals surface area contributed by atoms with E-state index in [1.54, 1.807) is 0 Å². The molecule has 2 unspecified atom stereocenters. The van der Waals surface area contributed by atoms with E-state index in [0.717, 1.165) is 39.1 Å². The molecule has 0 radical (unpaired) electrons. The van der Waals surface area contributed by atoms with Crippen molar-refractivity contribution in [2.75, 3.05) is 26.7 Å². The summed E-state index contributed by atoms with van der Waals surface area (Å²) in [5.41, 5.74) is 3.89. The standard InChI is InChI=1S/C23H29N3O/c1-26(17-18-8-3-2-4-9-18)14-7-12-22-23(24-13-15-27-22)20-16-25-21-11-6-5-10-19(20)21/h2-6,8-11,16,22-25H,7,12-15,17H2,1H3. The van der Waals surface area contributed by atoms with E-state index in [0.29, 0.717) is 0 Å². The van der Waals surface area contributed by atoms with Gasteiger partial charge in [0.1, 0.15) is 0 Å². The van der Waals surface area contributed by atoms with Gasteiger partial charge in [0, 0.05) is 30.2 Å². The van der Waals surface area contributed by atoms with Crippen molar-refractivity contribution in [1.82, 2.24) is 15.2 Å². The van der Waals surface area contributed by atoms with Crippen molar-refractivity contribution in [3.8, 4) is 0 Å². The van der Waals surface area contributed by atoms with Gasteiger partial charge < -0.3 is 19.9 Å². The van der Waals surface area contributed by atoms with E-state index < -0.39 is 0 Å². The number of ether oxygens (including phenoxy) is 1. The van der Waals surface area contributed by atoms with E-state index in [2.05, 4.69) is 83.0 Å². The van der Waals surface area contributed by atoms with Crippen LogP contribution in [0.4, 0.5) is 0 Å². The zero-order valence-electron chi connectivity index (χ0n) is 16.0. The van der Waals surface area contributed by atoms with Crippen LogP contribution in [-0.2, 0) is 11.3 Å². The highest BCUT2D eigenvalue weighted by atomic mass is 16.5. The van der Waals surface area contributed by atoms with Crippen molar-refractivity contribution in [1.29, 1.82) is 0 Å². The second kappa shape index (κ2) is 8.70. The lowest BCUT2D eigenvalue weighted by atomic mass is 9.96. The number of nitrogens with one attached hydrogen (secondary N) is 2. The van der Waals surface area contributed by atoms with Crippen LogP contribution in [0.3, 0.4) is 0 Å². The molecule has 1 aliphatic rings. The molecule has 1 aliphatic heterocycles. The molecule has 4 nitrogen and oxygen atoms in total. The first kappa shape index (κ1) is 18.2. The number of fused-ring (bicyclic) bond motifs is 1. The van der Waals surface area contributed by atoms with E-state index in [4.69, 9.17) is 4.74 Å². The number of para-hydroxylation sites is 1. The van der Waals surface area contributed by atoms with E-state index in [1.807, 2.05) is 0 Å². The van der Waals surface area contributed by atoms with Gasteiger partial charge in [-0.3, -0.25) is 0 Å². The van der Waals surface area contributed by atoms with Gasteiger partial charge in [0.25, 0.3) is 0 Å². The van der Waals surface area contributed by atoms with Gasteiger partial charge in [0.15, 0.2) is 0 Å². The molecule has 4 rings (SSSR count). The van der Waals surface area contributed by atoms with Gasteiger partial charge in [-0.15, -0.1) is 0 Å². The lowest BCUT2D eigenvalue weighted by molar-refractivity contribution is -0.0111. The Kier molecular flexibility index (Phi) is 5.87. The Morgan fingerprint density at radius 1 is 1.07 bits per heavy atom. The lowest BCUT2D eigenvalue weighted by Crippen LogP contribution is -2.42. The summed E-state index contributed by atoms with van der Waals surface area (Å²) in [6, 6.07) is 19.4. The Labute approximate surface area is 161 Å². The van der Waals surface area contributed by atoms with Crippen LogP contribution >= 0.6 is 0 Å². The third-order valence-corrected chi connectivity index (χ3v) is 5.45. The fourth-order valence-electron chi connectivity index (χ4n) is 4.10. The minimum atomic E-state index is 0.225. The summed E-state index contributed by atoms with van der Waals surface area (Å²) in [5, 5.41) is 4.98. The molecule has 142 valence electrons. The normalized spacial score (nSPS) is 20.4. The average Bonchev–Trinajstić information content (AvgIpc) is 3.13. The molecule has 2 heterocycles. The first-order valence-corrected chi connectivity index (χ1v) is 9.95. The van der Waals surface area contributed by atoms with Crippen molar-refractivity contribution in [3.63, 3.8) is 0 Å². The largest absolute Gasteiger partial charge is 0.375 e. The Hall–Kier alpha value is -2.14. The lowest BCUT2D eigenvalue weighted by Gasteiger charge is -2.33. The Bertz CT molecular complexity index is 845. The highest BCUT2D eigenvalue weighted by molar-refractivity contribution is 5.83. The molecule has 2 atom stereocenters. The van der Waals surface area contributed by atoms with Crippen molar-refractivity contribution >= 4 is 10.9 Å². The Morgan fingerprint density at radius 3 is 2.78 bits per heavy atom. The van der Waals surface area contributed by atoms with Crippen LogP contribution in [0, 0.1) is 0 Å². The van der Waals surface area contributed by atoms with Gasteiger partial charge >= 0.3 is 0 Å². The highest BCUT2D eigenvalue weighted by Gasteiger charge is 2.28. The number of morpholine rings is 1. The fraction of sp³-hybridized carbons (Fsp3) is 0.391. The molecule has 1 saturated heterocycles. The molecule has 0 saturated carbocycles. The van der Waals surface area contributed by atoms with E-state index in [9.17, 15) is 0 Å². The molecule has 1 aromatic heterocycles. The average molecular weight is 364 g/mol. The maximum atomic E-state index is 6.17. The number of rotatable bonds is 7. The maximum absolute atomic E-state index is 6.17. The molecule has 2 N–H and O–H groups in total. The molecule has 0 aliphatic carbocycles. The van der Waals surface area contributed by atoms with Gasteiger partial charge in [0.2, 0.25) is 0 Å². The van der Waals surface area contributed by atoms with Gasteiger partial charge in [-0.05, 0) is 43.6 Å². The van der Waals surface area contributed by atoms with Crippen LogP contribution in [0.2, 0.25) is 0 Å². The third kappa shape index (κ3) is 4.41. The number of aromatic amines is 1. The second-order valence-corrected chi connectivity index (χ2v) is 7.50. The number of hydrogen-bond donors (Lipinski definition) is 2. The van der Waals surface area contributed by atoms with Gasteiger partial charge in [-0.2, -0.15) is 0 Å². The molecule has 27 heavy (non-hydrogen) atoms. The van der Waals surface area contributed by atoms with Gasteiger partial charge in [-0.25, -0.2) is 0 Å². The predicted molar refractivity (Wildman–Crippen MR) is 111 cm³/mol. The van der Waals surface area contributed by atoms with E-state index in [-0.39, 0.29) is 12.1 Å². The molecule has 0 bridgehead atoms. The first-order valence-electron chi connectivity index (χ1n) is 9.95. The third-order valence-electron chi connectivity index (χ3n) is 5.45. The van der Waals surface area contributed by atoms with Crippen molar-refractivity contribution in [2.45, 2.75) is 31.5 Å². The van der Waals surface area contributed by atoms with Crippen molar-refractivity contribution < 1.29 is 4.74 Å². The molecular weight excluding hydrogens is 334 g/mol. The first-order chi connectivity index (χ1) is 13.3. The molecule has 3 aromatic rings. The molecule has 1 fully saturated rings. The molecule has 2 aromatic carbocycles. The zero-order valence-corrected chi connectivity index (χ0v) is 16.0. The van der Waals surface area contributed by atoms with Gasteiger partial charge in [-0.1, -0.05) is 48.5 Å². The number of H-pyrrole nitrogens is 1. The van der Waals surface area contributed by atoms with Gasteiger partial charge in [0.05, 0.1) is 18.8 Å². The maximum Gasteiger partial charge on any atom is 0.0771 e. The van der Waals surface area contributed by atoms with Crippen LogP contribution in [0.25, 0.3) is 10.9 Å². The molecule has 0 amide bonds. The summed E-state index contributed by atoms with van der Waals surface area (Å²) in [5.74, 6) is 0. The summed E-state index contributed by atoms with van der Waals surface area (Å²) in [6.07, 6.45) is 4.57. The zero-order chi connectivity index (χ0) is 18.5. The minimum Gasteiger partial charge on any atom is -0.375 e. The highest BCUT2D eigenvalue weighted by Crippen LogP contribution is 2.30. The summed E-state index contributed by atoms with van der Waals surface area (Å²) in [7, 11) is 2.20. The summed E-state index contributed by atoms with van der Waals surface area (Å²) < 4.78 is 6.17. The Balaban J connectivity index is 1.35. The van der Waals surface area contributed by atoms with Crippen molar-refractivity contribution in [2.24, 2.45) is 0 Å².